The Bertz CT molecular complexity index is 711. The number of rotatable bonds is 4. The SMILES string of the molecule is CN1CCN(C(=O)/C(=C\c2ccco2)NC(=O)c2ccco2)CC1. The van der Waals surface area contributed by atoms with Crippen LogP contribution in [-0.4, -0.2) is 54.8 Å². The molecule has 0 atom stereocenters. The van der Waals surface area contributed by atoms with Crippen molar-refractivity contribution in [1.29, 1.82) is 0 Å². The average Bonchev–Trinajstić information content (AvgIpc) is 3.28. The van der Waals surface area contributed by atoms with Crippen LogP contribution in [0.2, 0.25) is 0 Å². The highest BCUT2D eigenvalue weighted by atomic mass is 16.3. The second-order valence-electron chi connectivity index (χ2n) is 5.60. The predicted octanol–water partition coefficient (Wildman–Crippen LogP) is 1.42. The minimum absolute atomic E-state index is 0.145. The molecule has 3 rings (SSSR count). The molecule has 7 nitrogen and oxygen atoms in total. The van der Waals surface area contributed by atoms with E-state index in [4.69, 9.17) is 8.83 Å². The maximum absolute atomic E-state index is 12.8. The number of carbonyl (C=O) groups excluding carboxylic acids is 2. The molecule has 0 spiro atoms. The van der Waals surface area contributed by atoms with Crippen molar-refractivity contribution in [1.82, 2.24) is 15.1 Å². The van der Waals surface area contributed by atoms with E-state index in [1.807, 2.05) is 7.05 Å². The summed E-state index contributed by atoms with van der Waals surface area (Å²) in [6.07, 6.45) is 4.45. The van der Waals surface area contributed by atoms with Gasteiger partial charge in [0.15, 0.2) is 5.76 Å². The van der Waals surface area contributed by atoms with Crippen molar-refractivity contribution >= 4 is 17.9 Å². The lowest BCUT2D eigenvalue weighted by molar-refractivity contribution is -0.128. The molecule has 0 aromatic carbocycles. The van der Waals surface area contributed by atoms with Gasteiger partial charge >= 0.3 is 0 Å². The Labute approximate surface area is 139 Å². The third-order valence-corrected chi connectivity index (χ3v) is 3.84. The molecule has 126 valence electrons. The molecule has 2 aromatic rings. The first-order valence-corrected chi connectivity index (χ1v) is 7.71. The number of carbonyl (C=O) groups is 2. The van der Waals surface area contributed by atoms with Gasteiger partial charge in [-0.1, -0.05) is 0 Å². The van der Waals surface area contributed by atoms with Gasteiger partial charge in [-0.15, -0.1) is 0 Å². The maximum atomic E-state index is 12.8. The number of amides is 2. The summed E-state index contributed by atoms with van der Waals surface area (Å²) in [5.74, 6) is -0.0709. The van der Waals surface area contributed by atoms with Gasteiger partial charge in [0.05, 0.1) is 12.5 Å². The molecule has 1 saturated heterocycles. The molecule has 24 heavy (non-hydrogen) atoms. The van der Waals surface area contributed by atoms with E-state index < -0.39 is 5.91 Å². The van der Waals surface area contributed by atoms with Gasteiger partial charge in [-0.2, -0.15) is 0 Å². The fraction of sp³-hybridized carbons (Fsp3) is 0.294. The van der Waals surface area contributed by atoms with Crippen molar-refractivity contribution in [3.8, 4) is 0 Å². The highest BCUT2D eigenvalue weighted by Gasteiger charge is 2.24. The third-order valence-electron chi connectivity index (χ3n) is 3.84. The summed E-state index contributed by atoms with van der Waals surface area (Å²) < 4.78 is 10.3. The van der Waals surface area contributed by atoms with Crippen LogP contribution >= 0.6 is 0 Å². The molecule has 0 radical (unpaired) electrons. The standard InChI is InChI=1S/C17H19N3O4/c1-19-6-8-20(9-7-19)17(22)14(12-13-4-2-10-23-13)18-16(21)15-5-3-11-24-15/h2-5,10-12H,6-9H2,1H3,(H,18,21)/b14-12+. The van der Waals surface area contributed by atoms with E-state index in [2.05, 4.69) is 10.2 Å². The second-order valence-corrected chi connectivity index (χ2v) is 5.60. The highest BCUT2D eigenvalue weighted by Crippen LogP contribution is 2.11. The molecule has 0 saturated carbocycles. The average molecular weight is 329 g/mol. The van der Waals surface area contributed by atoms with Crippen LogP contribution in [0.3, 0.4) is 0 Å². The molecule has 0 aliphatic carbocycles. The Balaban J connectivity index is 1.79. The molecule has 1 fully saturated rings. The molecule has 1 aliphatic heterocycles. The Morgan fingerprint density at radius 3 is 2.42 bits per heavy atom. The van der Waals surface area contributed by atoms with Crippen LogP contribution in [0.4, 0.5) is 0 Å². The summed E-state index contributed by atoms with van der Waals surface area (Å²) in [5.41, 5.74) is 0.163. The van der Waals surface area contributed by atoms with Crippen LogP contribution in [0, 0.1) is 0 Å². The lowest BCUT2D eigenvalue weighted by Crippen LogP contribution is -2.49. The molecule has 1 N–H and O–H groups in total. The Morgan fingerprint density at radius 1 is 1.08 bits per heavy atom. The van der Waals surface area contributed by atoms with E-state index in [-0.39, 0.29) is 17.4 Å². The van der Waals surface area contributed by atoms with E-state index in [0.717, 1.165) is 13.1 Å². The van der Waals surface area contributed by atoms with Gasteiger partial charge in [-0.25, -0.2) is 0 Å². The highest BCUT2D eigenvalue weighted by molar-refractivity contribution is 6.04. The minimum atomic E-state index is -0.472. The number of hydrogen-bond donors (Lipinski definition) is 1. The van der Waals surface area contributed by atoms with Crippen molar-refractivity contribution in [2.24, 2.45) is 0 Å². The third kappa shape index (κ3) is 3.75. The van der Waals surface area contributed by atoms with Gasteiger partial charge in [0.2, 0.25) is 0 Å². The van der Waals surface area contributed by atoms with E-state index in [0.29, 0.717) is 18.8 Å². The first-order chi connectivity index (χ1) is 11.6. The number of piperazine rings is 1. The Morgan fingerprint density at radius 2 is 1.79 bits per heavy atom. The quantitative estimate of drug-likeness (QED) is 0.858. The maximum Gasteiger partial charge on any atom is 0.291 e. The molecule has 2 aromatic heterocycles. The summed E-state index contributed by atoms with van der Waals surface area (Å²) in [6.45, 7) is 2.82. The molecule has 0 unspecified atom stereocenters. The number of likely N-dealkylation sites (N-methyl/N-ethyl adjacent to an activating group) is 1. The van der Waals surface area contributed by atoms with Crippen molar-refractivity contribution < 1.29 is 18.4 Å². The smallest absolute Gasteiger partial charge is 0.291 e. The normalized spacial score (nSPS) is 16.2. The van der Waals surface area contributed by atoms with Crippen molar-refractivity contribution in [3.63, 3.8) is 0 Å². The summed E-state index contributed by atoms with van der Waals surface area (Å²) >= 11 is 0. The lowest BCUT2D eigenvalue weighted by Gasteiger charge is -2.32. The van der Waals surface area contributed by atoms with Gasteiger partial charge in [0.1, 0.15) is 11.5 Å². The van der Waals surface area contributed by atoms with Crippen molar-refractivity contribution in [2.75, 3.05) is 33.2 Å². The summed E-state index contributed by atoms with van der Waals surface area (Å²) in [6, 6.07) is 6.60. The largest absolute Gasteiger partial charge is 0.465 e. The van der Waals surface area contributed by atoms with E-state index >= 15 is 0 Å². The summed E-state index contributed by atoms with van der Waals surface area (Å²) in [4.78, 5) is 28.9. The topological polar surface area (TPSA) is 78.9 Å². The fourth-order valence-corrected chi connectivity index (χ4v) is 2.44. The number of nitrogens with one attached hydrogen (secondary N) is 1. The van der Waals surface area contributed by atoms with Crippen molar-refractivity contribution in [3.05, 3.63) is 54.0 Å². The molecule has 3 heterocycles. The van der Waals surface area contributed by atoms with Gasteiger partial charge in [0, 0.05) is 32.3 Å². The fourth-order valence-electron chi connectivity index (χ4n) is 2.44. The zero-order valence-corrected chi connectivity index (χ0v) is 13.4. The molecular formula is C17H19N3O4. The van der Waals surface area contributed by atoms with E-state index in [1.54, 1.807) is 29.2 Å². The Hall–Kier alpha value is -2.80. The minimum Gasteiger partial charge on any atom is -0.465 e. The van der Waals surface area contributed by atoms with Gasteiger partial charge in [0.25, 0.3) is 11.8 Å². The molecule has 1 aliphatic rings. The van der Waals surface area contributed by atoms with Crippen LogP contribution in [0.5, 0.6) is 0 Å². The van der Waals surface area contributed by atoms with Gasteiger partial charge in [-0.05, 0) is 31.3 Å². The van der Waals surface area contributed by atoms with Crippen LogP contribution in [0.1, 0.15) is 16.3 Å². The second kappa shape index (κ2) is 7.18. The number of furan rings is 2. The van der Waals surface area contributed by atoms with E-state index in [9.17, 15) is 9.59 Å². The van der Waals surface area contributed by atoms with Crippen LogP contribution in [-0.2, 0) is 4.79 Å². The summed E-state index contributed by atoms with van der Waals surface area (Å²) in [7, 11) is 2.01. The Kier molecular flexibility index (Phi) is 4.81. The first-order valence-electron chi connectivity index (χ1n) is 7.71. The van der Waals surface area contributed by atoms with Crippen LogP contribution < -0.4 is 5.32 Å². The zero-order valence-electron chi connectivity index (χ0n) is 13.4. The monoisotopic (exact) mass is 329 g/mol. The molecular weight excluding hydrogens is 310 g/mol. The molecule has 0 bridgehead atoms. The van der Waals surface area contributed by atoms with Crippen molar-refractivity contribution in [2.45, 2.75) is 0 Å². The van der Waals surface area contributed by atoms with Gasteiger partial charge in [-0.3, -0.25) is 9.59 Å². The molecule has 7 heteroatoms. The number of hydrogen-bond acceptors (Lipinski definition) is 5. The van der Waals surface area contributed by atoms with Crippen LogP contribution in [0.25, 0.3) is 6.08 Å². The van der Waals surface area contributed by atoms with E-state index in [1.165, 1.54) is 18.6 Å². The van der Waals surface area contributed by atoms with Crippen LogP contribution in [0.15, 0.2) is 51.3 Å². The number of nitrogens with zero attached hydrogens (tertiary/aromatic N) is 2. The summed E-state index contributed by atoms with van der Waals surface area (Å²) in [5, 5.41) is 2.63. The lowest BCUT2D eigenvalue weighted by atomic mass is 10.2. The predicted molar refractivity (Wildman–Crippen MR) is 86.9 cm³/mol. The zero-order chi connectivity index (χ0) is 16.9. The first kappa shape index (κ1) is 16.1. The van der Waals surface area contributed by atoms with Gasteiger partial charge < -0.3 is 24.0 Å². The molecule has 2 amide bonds.